The van der Waals surface area contributed by atoms with E-state index < -0.39 is 21.7 Å². The van der Waals surface area contributed by atoms with Crippen molar-refractivity contribution < 1.29 is 18.3 Å². The molecule has 0 aromatic heterocycles. The molecule has 0 atom stereocenters. The normalized spacial score (nSPS) is 12.7. The number of hydrogen-bond donors (Lipinski definition) is 3. The van der Waals surface area contributed by atoms with Crippen LogP contribution >= 0.6 is 0 Å². The number of aliphatic carboxylic acids is 1. The molecule has 0 aromatic rings. The molecule has 90 valence electrons. The first kappa shape index (κ1) is 14.3. The molecule has 0 aliphatic carbocycles. The molecule has 0 rings (SSSR count). The molecular formula is C8H18N2O4S. The van der Waals surface area contributed by atoms with Gasteiger partial charge in [-0.05, 0) is 20.3 Å². The van der Waals surface area contributed by atoms with Crippen molar-refractivity contribution in [2.75, 3.05) is 6.54 Å². The van der Waals surface area contributed by atoms with E-state index >= 15 is 0 Å². The Morgan fingerprint density at radius 3 is 2.33 bits per heavy atom. The molecule has 0 unspecified atom stereocenters. The van der Waals surface area contributed by atoms with E-state index in [0.29, 0.717) is 13.0 Å². The molecule has 3 N–H and O–H groups in total. The number of hydrogen-bond acceptors (Lipinski definition) is 3. The summed E-state index contributed by atoms with van der Waals surface area (Å²) in [7, 11) is -3.61. The van der Waals surface area contributed by atoms with E-state index in [0.717, 1.165) is 0 Å². The molecule has 0 heterocycles. The van der Waals surface area contributed by atoms with E-state index in [-0.39, 0.29) is 6.42 Å². The Hall–Kier alpha value is -0.660. The molecule has 7 heteroatoms. The molecule has 6 nitrogen and oxygen atoms in total. The van der Waals surface area contributed by atoms with Gasteiger partial charge in [0.15, 0.2) is 0 Å². The minimum atomic E-state index is -3.61. The van der Waals surface area contributed by atoms with Crippen LogP contribution in [0.2, 0.25) is 0 Å². The van der Waals surface area contributed by atoms with Gasteiger partial charge in [-0.2, -0.15) is 13.1 Å². The average Bonchev–Trinajstić information content (AvgIpc) is 1.95. The lowest BCUT2D eigenvalue weighted by atomic mass is 10.0. The molecule has 0 amide bonds. The van der Waals surface area contributed by atoms with Gasteiger partial charge in [-0.3, -0.25) is 4.79 Å². The summed E-state index contributed by atoms with van der Waals surface area (Å²) in [5.41, 5.74) is -0.995. The van der Waals surface area contributed by atoms with Gasteiger partial charge in [0.1, 0.15) is 0 Å². The third kappa shape index (κ3) is 7.29. The summed E-state index contributed by atoms with van der Waals surface area (Å²) in [4.78, 5) is 10.5. The third-order valence-corrected chi connectivity index (χ3v) is 2.95. The van der Waals surface area contributed by atoms with Crippen LogP contribution in [0.25, 0.3) is 0 Å². The molecule has 0 saturated heterocycles. The van der Waals surface area contributed by atoms with E-state index in [4.69, 9.17) is 5.11 Å². The summed E-state index contributed by atoms with van der Waals surface area (Å²) in [6, 6.07) is 0. The SMILES string of the molecule is CCCNS(=O)(=O)NC(C)(C)CC(=O)O. The van der Waals surface area contributed by atoms with Crippen LogP contribution in [0.3, 0.4) is 0 Å². The van der Waals surface area contributed by atoms with Crippen molar-refractivity contribution in [1.29, 1.82) is 0 Å². The van der Waals surface area contributed by atoms with E-state index in [9.17, 15) is 13.2 Å². The van der Waals surface area contributed by atoms with E-state index in [1.165, 1.54) is 13.8 Å². The zero-order valence-corrected chi connectivity index (χ0v) is 10.0. The average molecular weight is 238 g/mol. The summed E-state index contributed by atoms with van der Waals surface area (Å²) in [5, 5.41) is 8.57. The zero-order chi connectivity index (χ0) is 12.1. The number of rotatable bonds is 7. The van der Waals surface area contributed by atoms with Gasteiger partial charge in [0, 0.05) is 12.1 Å². The fraction of sp³-hybridized carbons (Fsp3) is 0.875. The fourth-order valence-corrected chi connectivity index (χ4v) is 2.40. The minimum Gasteiger partial charge on any atom is -0.481 e. The van der Waals surface area contributed by atoms with Crippen LogP contribution in [-0.2, 0) is 15.0 Å². The second-order valence-electron chi connectivity index (χ2n) is 3.95. The summed E-state index contributed by atoms with van der Waals surface area (Å²) >= 11 is 0. The summed E-state index contributed by atoms with van der Waals surface area (Å²) in [6.07, 6.45) is 0.417. The first-order valence-corrected chi connectivity index (χ1v) is 6.17. The van der Waals surface area contributed by atoms with Gasteiger partial charge in [-0.15, -0.1) is 0 Å². The maximum atomic E-state index is 11.4. The monoisotopic (exact) mass is 238 g/mol. The van der Waals surface area contributed by atoms with Crippen molar-refractivity contribution in [3.63, 3.8) is 0 Å². The van der Waals surface area contributed by atoms with E-state index in [1.54, 1.807) is 0 Å². The van der Waals surface area contributed by atoms with Crippen LogP contribution in [0.15, 0.2) is 0 Å². The van der Waals surface area contributed by atoms with Gasteiger partial charge in [0.25, 0.3) is 10.2 Å². The summed E-state index contributed by atoms with van der Waals surface area (Å²) in [5.74, 6) is -1.04. The van der Waals surface area contributed by atoms with Gasteiger partial charge >= 0.3 is 5.97 Å². The highest BCUT2D eigenvalue weighted by Gasteiger charge is 2.26. The Morgan fingerprint density at radius 1 is 1.40 bits per heavy atom. The minimum absolute atomic E-state index is 0.264. The van der Waals surface area contributed by atoms with Crippen molar-refractivity contribution in [2.45, 2.75) is 39.2 Å². The van der Waals surface area contributed by atoms with Crippen LogP contribution in [0.4, 0.5) is 0 Å². The topological polar surface area (TPSA) is 95.5 Å². The first-order chi connectivity index (χ1) is 6.68. The fourth-order valence-electron chi connectivity index (χ4n) is 1.05. The molecule has 0 aliphatic heterocycles. The highest BCUT2D eigenvalue weighted by molar-refractivity contribution is 7.87. The highest BCUT2D eigenvalue weighted by Crippen LogP contribution is 2.09. The van der Waals surface area contributed by atoms with E-state index in [2.05, 4.69) is 9.44 Å². The van der Waals surface area contributed by atoms with Crippen LogP contribution in [0.1, 0.15) is 33.6 Å². The predicted octanol–water partition coefficient (Wildman–Crippen LogP) is 0.0737. The Kier molecular flexibility index (Phi) is 5.19. The van der Waals surface area contributed by atoms with E-state index in [1.807, 2.05) is 6.92 Å². The first-order valence-electron chi connectivity index (χ1n) is 4.69. The van der Waals surface area contributed by atoms with Gasteiger partial charge < -0.3 is 5.11 Å². The Labute approximate surface area is 90.2 Å². The van der Waals surface area contributed by atoms with Gasteiger partial charge in [-0.1, -0.05) is 6.92 Å². The molecule has 0 saturated carbocycles. The van der Waals surface area contributed by atoms with Crippen molar-refractivity contribution in [1.82, 2.24) is 9.44 Å². The van der Waals surface area contributed by atoms with Gasteiger partial charge in [0.2, 0.25) is 0 Å². The standard InChI is InChI=1S/C8H18N2O4S/c1-4-5-9-15(13,14)10-8(2,3)6-7(11)12/h9-10H,4-6H2,1-3H3,(H,11,12). The second kappa shape index (κ2) is 5.43. The number of nitrogens with one attached hydrogen (secondary N) is 2. The number of carboxylic acids is 1. The Balaban J connectivity index is 4.37. The largest absolute Gasteiger partial charge is 0.481 e. The molecule has 0 radical (unpaired) electrons. The summed E-state index contributed by atoms with van der Waals surface area (Å²) < 4.78 is 27.3. The molecule has 0 aromatic carbocycles. The lowest BCUT2D eigenvalue weighted by molar-refractivity contribution is -0.138. The van der Waals surface area contributed by atoms with Gasteiger partial charge in [0.05, 0.1) is 6.42 Å². The lowest BCUT2D eigenvalue weighted by Gasteiger charge is -2.23. The van der Waals surface area contributed by atoms with Crippen molar-refractivity contribution in [3.05, 3.63) is 0 Å². The molecule has 0 fully saturated rings. The Bertz CT molecular complexity index is 311. The second-order valence-corrected chi connectivity index (χ2v) is 5.45. The predicted molar refractivity (Wildman–Crippen MR) is 56.7 cm³/mol. The highest BCUT2D eigenvalue weighted by atomic mass is 32.2. The number of carboxylic acid groups (broad SMARTS) is 1. The lowest BCUT2D eigenvalue weighted by Crippen LogP contribution is -2.49. The van der Waals surface area contributed by atoms with Crippen LogP contribution in [0, 0.1) is 0 Å². The van der Waals surface area contributed by atoms with Crippen molar-refractivity contribution >= 4 is 16.2 Å². The number of carbonyl (C=O) groups is 1. The molecule has 0 bridgehead atoms. The Morgan fingerprint density at radius 2 is 1.93 bits per heavy atom. The van der Waals surface area contributed by atoms with Gasteiger partial charge in [-0.25, -0.2) is 4.72 Å². The van der Waals surface area contributed by atoms with Crippen LogP contribution in [0.5, 0.6) is 0 Å². The maximum Gasteiger partial charge on any atom is 0.305 e. The summed E-state index contributed by atoms with van der Waals surface area (Å²) in [6.45, 7) is 5.21. The van der Waals surface area contributed by atoms with Crippen molar-refractivity contribution in [3.8, 4) is 0 Å². The molecule has 0 spiro atoms. The van der Waals surface area contributed by atoms with Crippen LogP contribution in [-0.4, -0.2) is 31.6 Å². The van der Waals surface area contributed by atoms with Crippen molar-refractivity contribution in [2.24, 2.45) is 0 Å². The third-order valence-electron chi connectivity index (χ3n) is 1.55. The zero-order valence-electron chi connectivity index (χ0n) is 9.20. The van der Waals surface area contributed by atoms with Crippen LogP contribution < -0.4 is 9.44 Å². The molecule has 0 aliphatic rings. The smallest absolute Gasteiger partial charge is 0.305 e. The molecular weight excluding hydrogens is 220 g/mol. The maximum absolute atomic E-state index is 11.4. The molecule has 15 heavy (non-hydrogen) atoms. The quantitative estimate of drug-likeness (QED) is 0.585.